The van der Waals surface area contributed by atoms with Gasteiger partial charge in [-0.05, 0) is 12.8 Å². The summed E-state index contributed by atoms with van der Waals surface area (Å²) in [4.78, 5) is 69.6. The van der Waals surface area contributed by atoms with Gasteiger partial charge in [0.1, 0.15) is 13.2 Å². The Labute approximate surface area is 404 Å². The molecule has 0 aliphatic rings. The molecule has 0 spiro atoms. The van der Waals surface area contributed by atoms with Crippen LogP contribution in [-0.4, -0.2) is 98.7 Å². The van der Waals surface area contributed by atoms with Crippen LogP contribution in [0.3, 0.4) is 0 Å². The second-order valence-corrected chi connectivity index (χ2v) is 19.2. The van der Waals surface area contributed by atoms with Gasteiger partial charge in [0.25, 0.3) is 0 Å². The van der Waals surface area contributed by atoms with E-state index < -0.39 is 57.0 Å². The average molecular weight is 979 g/mol. The number of phosphoric acid groups is 1. The lowest BCUT2D eigenvalue weighted by molar-refractivity contribution is -0.161. The van der Waals surface area contributed by atoms with Crippen LogP contribution in [0.15, 0.2) is 0 Å². The van der Waals surface area contributed by atoms with Gasteiger partial charge < -0.3 is 39.6 Å². The highest BCUT2D eigenvalue weighted by Crippen LogP contribution is 2.43. The number of carboxylic acid groups (broad SMARTS) is 1. The number of amides is 2. The predicted octanol–water partition coefficient (Wildman–Crippen LogP) is 11.8. The van der Waals surface area contributed by atoms with Crippen molar-refractivity contribution < 1.29 is 66.5 Å². The largest absolute Gasteiger partial charge is 0.481 e. The Hall–Kier alpha value is -2.78. The summed E-state index contributed by atoms with van der Waals surface area (Å²) in [6, 6.07) is 0. The number of hydrogen-bond donors (Lipinski definition) is 4. The number of nitrogens with one attached hydrogen (secondary N) is 2. The number of hydrogen-bond acceptors (Lipinski definition) is 12. The number of phosphoric ester groups is 1. The molecule has 0 aromatic rings. The molecular weight excluding hydrogens is 884 g/mol. The van der Waals surface area contributed by atoms with E-state index in [9.17, 15) is 33.4 Å². The Morgan fingerprint density at radius 1 is 0.463 bits per heavy atom. The fourth-order valence-electron chi connectivity index (χ4n) is 7.35. The predicted molar refractivity (Wildman–Crippen MR) is 262 cm³/mol. The minimum absolute atomic E-state index is 0.0363. The summed E-state index contributed by atoms with van der Waals surface area (Å²) in [5, 5.41) is 13.5. The topological polar surface area (TPSA) is 222 Å². The van der Waals surface area contributed by atoms with E-state index in [1.165, 1.54) is 141 Å². The fourth-order valence-corrected chi connectivity index (χ4v) is 8.10. The molecule has 17 heteroatoms. The highest BCUT2D eigenvalue weighted by molar-refractivity contribution is 7.47. The van der Waals surface area contributed by atoms with E-state index in [0.717, 1.165) is 38.5 Å². The normalized spacial score (nSPS) is 12.6. The molecule has 0 aliphatic heterocycles. The van der Waals surface area contributed by atoms with E-state index in [4.69, 9.17) is 33.1 Å². The van der Waals surface area contributed by atoms with Crippen LogP contribution in [-0.2, 0) is 51.7 Å². The smallest absolute Gasteiger partial charge is 0.472 e. The number of carbonyl (C=O) groups excluding carboxylic acids is 4. The van der Waals surface area contributed by atoms with Crippen LogP contribution in [0.25, 0.3) is 0 Å². The van der Waals surface area contributed by atoms with Gasteiger partial charge in [-0.3, -0.25) is 28.2 Å². The Balaban J connectivity index is 4.52. The number of unbranched alkanes of at least 4 members (excludes halogenated alkanes) is 28. The highest BCUT2D eigenvalue weighted by atomic mass is 31.2. The van der Waals surface area contributed by atoms with Gasteiger partial charge in [-0.2, -0.15) is 0 Å². The maximum Gasteiger partial charge on any atom is 0.472 e. The summed E-state index contributed by atoms with van der Waals surface area (Å²) in [5.74, 6) is -2.42. The van der Waals surface area contributed by atoms with Gasteiger partial charge in [-0.25, -0.2) is 9.36 Å². The molecule has 0 rings (SSSR count). The third kappa shape index (κ3) is 49.5. The van der Waals surface area contributed by atoms with Crippen LogP contribution in [0.4, 0.5) is 4.79 Å². The first-order valence-corrected chi connectivity index (χ1v) is 27.9. The number of carbonyl (C=O) groups is 5. The van der Waals surface area contributed by atoms with Gasteiger partial charge >= 0.3 is 31.8 Å². The van der Waals surface area contributed by atoms with Crippen molar-refractivity contribution in [1.82, 2.24) is 10.6 Å². The van der Waals surface area contributed by atoms with Crippen LogP contribution in [0.1, 0.15) is 232 Å². The first-order valence-electron chi connectivity index (χ1n) is 26.4. The van der Waals surface area contributed by atoms with Crippen LogP contribution in [0.2, 0.25) is 0 Å². The highest BCUT2D eigenvalue weighted by Gasteiger charge is 2.26. The Bertz CT molecular complexity index is 1260. The Morgan fingerprint density at radius 2 is 0.896 bits per heavy atom. The Morgan fingerprint density at radius 3 is 1.36 bits per heavy atom. The number of aliphatic carboxylic acids is 1. The first-order chi connectivity index (χ1) is 32.5. The summed E-state index contributed by atoms with van der Waals surface area (Å²) in [6.45, 7) is 3.24. The van der Waals surface area contributed by atoms with Crippen LogP contribution >= 0.6 is 7.82 Å². The molecule has 4 N–H and O–H groups in total. The standard InChI is InChI=1S/C50H95N2O14P/c1-3-5-7-9-11-13-15-17-19-21-23-25-27-29-31-33-48(56)63-43-45(66-49(57)34-32-30-28-26-24-22-20-18-16-14-12-10-8-6-4-2)44-65-67(59,60)64-40-38-52-50(58)62-42-41-61-39-37-51-46(53)35-36-47(54)55/h45H,3-44H2,1-2H3,(H,51,53)(H,52,58)(H,54,55)(H,59,60)/t45-/m0/s1. The molecule has 0 bridgehead atoms. The van der Waals surface area contributed by atoms with Crippen molar-refractivity contribution in [3.63, 3.8) is 0 Å². The molecule has 1 unspecified atom stereocenters. The molecule has 394 valence electrons. The molecule has 16 nitrogen and oxygen atoms in total. The molecule has 0 aromatic heterocycles. The molecule has 0 aromatic carbocycles. The van der Waals surface area contributed by atoms with Crippen LogP contribution in [0.5, 0.6) is 0 Å². The summed E-state index contributed by atoms with van der Waals surface area (Å²) < 4.78 is 43.9. The van der Waals surface area contributed by atoms with Crippen molar-refractivity contribution in [2.45, 2.75) is 238 Å². The summed E-state index contributed by atoms with van der Waals surface area (Å²) in [7, 11) is -4.65. The van der Waals surface area contributed by atoms with Crippen molar-refractivity contribution in [3.8, 4) is 0 Å². The molecule has 0 saturated carbocycles. The SMILES string of the molecule is CCCCCCCCCCCCCCCCCC(=O)OC[C@@H](COP(=O)(O)OCCNC(=O)OCCOCCNC(=O)CCC(=O)O)OC(=O)CCCCCCCCCCCCCCCCC. The lowest BCUT2D eigenvalue weighted by Gasteiger charge is -2.20. The van der Waals surface area contributed by atoms with Gasteiger partial charge in [-0.1, -0.05) is 194 Å². The average Bonchev–Trinajstić information content (AvgIpc) is 3.30. The molecular formula is C50H95N2O14P. The fraction of sp³-hybridized carbons (Fsp3) is 0.900. The monoisotopic (exact) mass is 979 g/mol. The molecule has 2 amide bonds. The third-order valence-electron chi connectivity index (χ3n) is 11.3. The molecule has 67 heavy (non-hydrogen) atoms. The Kier molecular flexibility index (Phi) is 46.2. The van der Waals surface area contributed by atoms with Crippen molar-refractivity contribution in [3.05, 3.63) is 0 Å². The minimum Gasteiger partial charge on any atom is -0.481 e. The number of carboxylic acids is 1. The van der Waals surface area contributed by atoms with E-state index in [1.54, 1.807) is 0 Å². The maximum atomic E-state index is 12.8. The van der Waals surface area contributed by atoms with E-state index in [1.807, 2.05) is 0 Å². The summed E-state index contributed by atoms with van der Waals surface area (Å²) in [6.07, 6.45) is 34.4. The van der Waals surface area contributed by atoms with Gasteiger partial charge in [0.2, 0.25) is 5.91 Å². The molecule has 0 radical (unpaired) electrons. The molecule has 0 fully saturated rings. The van der Waals surface area contributed by atoms with E-state index in [0.29, 0.717) is 12.8 Å². The molecule has 2 atom stereocenters. The zero-order valence-corrected chi connectivity index (χ0v) is 42.9. The van der Waals surface area contributed by atoms with Crippen molar-refractivity contribution >= 4 is 37.7 Å². The number of esters is 2. The number of ether oxygens (including phenoxy) is 4. The van der Waals surface area contributed by atoms with Crippen molar-refractivity contribution in [2.24, 2.45) is 0 Å². The van der Waals surface area contributed by atoms with Crippen LogP contribution < -0.4 is 10.6 Å². The van der Waals surface area contributed by atoms with Crippen molar-refractivity contribution in [2.75, 3.05) is 52.7 Å². The number of rotatable bonds is 51. The van der Waals surface area contributed by atoms with E-state index >= 15 is 0 Å². The lowest BCUT2D eigenvalue weighted by atomic mass is 10.0. The zero-order valence-electron chi connectivity index (χ0n) is 42.0. The quantitative estimate of drug-likeness (QED) is 0.0193. The molecule has 0 heterocycles. The third-order valence-corrected chi connectivity index (χ3v) is 12.3. The van der Waals surface area contributed by atoms with E-state index in [-0.39, 0.29) is 65.2 Å². The molecule has 0 aliphatic carbocycles. The minimum atomic E-state index is -4.65. The zero-order chi connectivity index (χ0) is 49.3. The second kappa shape index (κ2) is 48.3. The number of alkyl carbamates (subject to hydrolysis) is 1. The first kappa shape index (κ1) is 64.2. The maximum absolute atomic E-state index is 12.8. The second-order valence-electron chi connectivity index (χ2n) is 17.7. The lowest BCUT2D eigenvalue weighted by Crippen LogP contribution is -2.30. The van der Waals surface area contributed by atoms with Gasteiger partial charge in [-0.15, -0.1) is 0 Å². The van der Waals surface area contributed by atoms with Crippen molar-refractivity contribution in [1.29, 1.82) is 0 Å². The van der Waals surface area contributed by atoms with E-state index in [2.05, 4.69) is 24.5 Å². The van der Waals surface area contributed by atoms with Gasteiger partial charge in [0.15, 0.2) is 6.10 Å². The van der Waals surface area contributed by atoms with Crippen LogP contribution in [0, 0.1) is 0 Å². The summed E-state index contributed by atoms with van der Waals surface area (Å²) in [5.41, 5.74) is 0. The molecule has 0 saturated heterocycles. The van der Waals surface area contributed by atoms with Gasteiger partial charge in [0.05, 0.1) is 32.8 Å². The van der Waals surface area contributed by atoms with Gasteiger partial charge in [0, 0.05) is 32.4 Å². The summed E-state index contributed by atoms with van der Waals surface area (Å²) >= 11 is 0.